The molecule has 18 heavy (non-hydrogen) atoms. The molecule has 4 N–H and O–H groups in total. The van der Waals surface area contributed by atoms with E-state index in [1.54, 1.807) is 6.07 Å². The molecule has 0 aliphatic carbocycles. The number of hydrogen-bond acceptors (Lipinski definition) is 3. The van der Waals surface area contributed by atoms with Crippen molar-refractivity contribution < 1.29 is 4.79 Å². The van der Waals surface area contributed by atoms with Crippen LogP contribution in [0.5, 0.6) is 0 Å². The first-order chi connectivity index (χ1) is 8.49. The number of hydrogen-bond donors (Lipinski definition) is 3. The molecule has 0 radical (unpaired) electrons. The molecule has 1 amide bonds. The number of amides is 1. The lowest BCUT2D eigenvalue weighted by Gasteiger charge is -2.04. The van der Waals surface area contributed by atoms with Crippen molar-refractivity contribution in [1.82, 2.24) is 9.97 Å². The molecule has 0 unspecified atom stereocenters. The lowest BCUT2D eigenvalue weighted by Crippen LogP contribution is -2.22. The lowest BCUT2D eigenvalue weighted by molar-refractivity contribution is 0.100. The van der Waals surface area contributed by atoms with Crippen LogP contribution in [0, 0.1) is 0 Å². The van der Waals surface area contributed by atoms with Crippen LogP contribution < -0.4 is 17.0 Å². The second-order valence-corrected chi connectivity index (χ2v) is 3.95. The Morgan fingerprint density at radius 3 is 2.61 bits per heavy atom. The minimum absolute atomic E-state index is 0.111. The average molecular weight is 266 g/mol. The van der Waals surface area contributed by atoms with Gasteiger partial charge in [0.2, 0.25) is 5.91 Å². The lowest BCUT2D eigenvalue weighted by atomic mass is 10.1. The van der Waals surface area contributed by atoms with Crippen LogP contribution in [0.15, 0.2) is 34.0 Å². The summed E-state index contributed by atoms with van der Waals surface area (Å²) in [5.41, 5.74) is 4.76. The van der Waals surface area contributed by atoms with E-state index < -0.39 is 17.2 Å². The molecule has 6 nitrogen and oxygen atoms in total. The van der Waals surface area contributed by atoms with Gasteiger partial charge in [0.1, 0.15) is 0 Å². The summed E-state index contributed by atoms with van der Waals surface area (Å²) in [6.45, 7) is 0. The van der Waals surface area contributed by atoms with Crippen molar-refractivity contribution in [2.24, 2.45) is 5.73 Å². The molecule has 2 rings (SSSR count). The number of primary amides is 1. The number of aromatic nitrogens is 2. The Labute approximate surface area is 105 Å². The van der Waals surface area contributed by atoms with Crippen LogP contribution in [0.4, 0.5) is 0 Å². The highest BCUT2D eigenvalue weighted by Crippen LogP contribution is 2.22. The molecule has 0 spiro atoms. The first-order valence-corrected chi connectivity index (χ1v) is 5.28. The molecule has 0 saturated heterocycles. The van der Waals surface area contributed by atoms with Gasteiger partial charge in [-0.1, -0.05) is 17.7 Å². The predicted molar refractivity (Wildman–Crippen MR) is 66.6 cm³/mol. The summed E-state index contributed by atoms with van der Waals surface area (Å²) in [5, 5.41) is 0.201. The minimum Gasteiger partial charge on any atom is -0.366 e. The van der Waals surface area contributed by atoms with E-state index in [4.69, 9.17) is 17.3 Å². The normalized spacial score (nSPS) is 10.3. The Balaban J connectivity index is 2.65. The number of aromatic amines is 2. The maximum absolute atomic E-state index is 11.6. The second kappa shape index (κ2) is 4.50. The van der Waals surface area contributed by atoms with Crippen molar-refractivity contribution in [3.8, 4) is 11.1 Å². The van der Waals surface area contributed by atoms with E-state index in [0.29, 0.717) is 5.56 Å². The Bertz CT molecular complexity index is 733. The van der Waals surface area contributed by atoms with E-state index in [9.17, 15) is 14.4 Å². The van der Waals surface area contributed by atoms with Crippen LogP contribution in [0.25, 0.3) is 11.1 Å². The largest absolute Gasteiger partial charge is 0.366 e. The zero-order valence-corrected chi connectivity index (χ0v) is 9.75. The Kier molecular flexibility index (Phi) is 3.03. The monoisotopic (exact) mass is 265 g/mol. The number of carbonyl (C=O) groups is 1. The topological polar surface area (TPSA) is 109 Å². The van der Waals surface area contributed by atoms with Gasteiger partial charge in [-0.25, -0.2) is 4.79 Å². The summed E-state index contributed by atoms with van der Waals surface area (Å²) < 4.78 is 0. The van der Waals surface area contributed by atoms with Crippen LogP contribution >= 0.6 is 11.6 Å². The summed E-state index contributed by atoms with van der Waals surface area (Å²) in [6, 6.07) is 4.41. The molecule has 0 aliphatic heterocycles. The molecule has 0 atom stereocenters. The van der Waals surface area contributed by atoms with Gasteiger partial charge < -0.3 is 10.7 Å². The van der Waals surface area contributed by atoms with Crippen molar-refractivity contribution in [2.75, 3.05) is 0 Å². The maximum Gasteiger partial charge on any atom is 0.325 e. The smallest absolute Gasteiger partial charge is 0.325 e. The predicted octanol–water partition coefficient (Wildman–Crippen LogP) is 0.482. The Morgan fingerprint density at radius 2 is 2.00 bits per heavy atom. The van der Waals surface area contributed by atoms with Gasteiger partial charge in [0, 0.05) is 6.20 Å². The standard InChI is InChI=1S/C11H8ClN3O3/c12-8-2-1-5(3-6(8)9(13)16)7-4-14-11(18)15-10(7)17/h1-4H,(H2,13,16)(H2,14,15,17,18). The molecule has 0 saturated carbocycles. The molecule has 0 aliphatic rings. The first-order valence-electron chi connectivity index (χ1n) is 4.91. The third kappa shape index (κ3) is 2.18. The number of benzene rings is 1. The van der Waals surface area contributed by atoms with Crippen LogP contribution in [0.1, 0.15) is 10.4 Å². The minimum atomic E-state index is -0.692. The number of nitrogens with two attached hydrogens (primary N) is 1. The zero-order valence-electron chi connectivity index (χ0n) is 8.99. The van der Waals surface area contributed by atoms with Gasteiger partial charge >= 0.3 is 5.69 Å². The first kappa shape index (κ1) is 12.1. The Hall–Kier alpha value is -2.34. The zero-order chi connectivity index (χ0) is 13.3. The molecule has 2 aromatic rings. The molecule has 7 heteroatoms. The molecule has 1 aromatic heterocycles. The van der Waals surface area contributed by atoms with E-state index in [1.165, 1.54) is 18.3 Å². The fraction of sp³-hybridized carbons (Fsp3) is 0. The number of nitrogens with one attached hydrogen (secondary N) is 2. The molecule has 92 valence electrons. The average Bonchev–Trinajstić information content (AvgIpc) is 2.30. The van der Waals surface area contributed by atoms with Crippen LogP contribution in [0.3, 0.4) is 0 Å². The van der Waals surface area contributed by atoms with E-state index in [2.05, 4.69) is 9.97 Å². The van der Waals surface area contributed by atoms with Gasteiger partial charge in [0.05, 0.1) is 16.1 Å². The molecule has 0 bridgehead atoms. The van der Waals surface area contributed by atoms with Gasteiger partial charge in [-0.05, 0) is 17.7 Å². The number of carbonyl (C=O) groups excluding carboxylic acids is 1. The van der Waals surface area contributed by atoms with Crippen LogP contribution in [-0.2, 0) is 0 Å². The van der Waals surface area contributed by atoms with Crippen molar-refractivity contribution in [2.45, 2.75) is 0 Å². The van der Waals surface area contributed by atoms with Crippen molar-refractivity contribution in [3.05, 3.63) is 55.8 Å². The van der Waals surface area contributed by atoms with Gasteiger partial charge in [0.15, 0.2) is 0 Å². The number of halogens is 1. The number of rotatable bonds is 2. The summed E-state index contributed by atoms with van der Waals surface area (Å²) in [4.78, 5) is 38.0. The third-order valence-electron chi connectivity index (χ3n) is 2.36. The van der Waals surface area contributed by atoms with E-state index in [0.717, 1.165) is 0 Å². The molecular formula is C11H8ClN3O3. The van der Waals surface area contributed by atoms with Gasteiger partial charge in [-0.3, -0.25) is 14.6 Å². The quantitative estimate of drug-likeness (QED) is 0.735. The van der Waals surface area contributed by atoms with E-state index >= 15 is 0 Å². The summed E-state index contributed by atoms with van der Waals surface area (Å²) >= 11 is 5.80. The summed E-state index contributed by atoms with van der Waals surface area (Å²) in [7, 11) is 0. The highest BCUT2D eigenvalue weighted by atomic mass is 35.5. The van der Waals surface area contributed by atoms with Crippen molar-refractivity contribution in [1.29, 1.82) is 0 Å². The van der Waals surface area contributed by atoms with Crippen molar-refractivity contribution in [3.63, 3.8) is 0 Å². The summed E-state index contributed by atoms with van der Waals surface area (Å²) in [5.74, 6) is -0.692. The third-order valence-corrected chi connectivity index (χ3v) is 2.69. The summed E-state index contributed by atoms with van der Waals surface area (Å²) in [6.07, 6.45) is 1.26. The SMILES string of the molecule is NC(=O)c1cc(-c2c[nH]c(=O)[nH]c2=O)ccc1Cl. The van der Waals surface area contributed by atoms with Gasteiger partial charge in [0.25, 0.3) is 5.56 Å². The molecule has 0 fully saturated rings. The molecule has 1 heterocycles. The molecular weight excluding hydrogens is 258 g/mol. The number of H-pyrrole nitrogens is 2. The van der Waals surface area contributed by atoms with Crippen LogP contribution in [-0.4, -0.2) is 15.9 Å². The fourth-order valence-corrected chi connectivity index (χ4v) is 1.72. The van der Waals surface area contributed by atoms with E-state index in [1.807, 2.05) is 0 Å². The fourth-order valence-electron chi connectivity index (χ4n) is 1.51. The van der Waals surface area contributed by atoms with E-state index in [-0.39, 0.29) is 16.1 Å². The van der Waals surface area contributed by atoms with Gasteiger partial charge in [-0.2, -0.15) is 0 Å². The van der Waals surface area contributed by atoms with Crippen molar-refractivity contribution >= 4 is 17.5 Å². The second-order valence-electron chi connectivity index (χ2n) is 3.54. The highest BCUT2D eigenvalue weighted by molar-refractivity contribution is 6.33. The van der Waals surface area contributed by atoms with Gasteiger partial charge in [-0.15, -0.1) is 0 Å². The van der Waals surface area contributed by atoms with Crippen LogP contribution in [0.2, 0.25) is 5.02 Å². The Morgan fingerprint density at radius 1 is 1.28 bits per heavy atom. The molecule has 1 aromatic carbocycles. The highest BCUT2D eigenvalue weighted by Gasteiger charge is 2.10. The maximum atomic E-state index is 11.6.